The molecule has 0 saturated carbocycles. The fraction of sp³-hybridized carbons (Fsp3) is 0.269. The molecule has 1 fully saturated rings. The van der Waals surface area contributed by atoms with Gasteiger partial charge < -0.3 is 9.80 Å². The van der Waals surface area contributed by atoms with E-state index in [1.54, 1.807) is 0 Å². The molecular formula is C26H26Cl2N2O. The van der Waals surface area contributed by atoms with E-state index in [4.69, 9.17) is 23.2 Å². The molecule has 1 unspecified atom stereocenters. The fourth-order valence-electron chi connectivity index (χ4n) is 4.11. The summed E-state index contributed by atoms with van der Waals surface area (Å²) in [5.41, 5.74) is 5.49. The van der Waals surface area contributed by atoms with Crippen LogP contribution in [0.1, 0.15) is 28.3 Å². The predicted molar refractivity (Wildman–Crippen MR) is 129 cm³/mol. The van der Waals surface area contributed by atoms with Crippen LogP contribution >= 0.6 is 23.2 Å². The molecule has 3 aromatic rings. The molecule has 0 aliphatic carbocycles. The Labute approximate surface area is 194 Å². The standard InChI is InChI=1S/C26H26Cl2N2O/c1-18-3-6-20(7-4-18)16-26(31)29-13-14-30(24-12-5-19(2)15-23(24)28)25(17-29)21-8-10-22(27)11-9-21/h3-12,15,25H,13-14,16-17H2,1-2H3. The molecule has 3 aromatic carbocycles. The molecule has 0 aromatic heterocycles. The average molecular weight is 453 g/mol. The van der Waals surface area contributed by atoms with E-state index in [1.807, 2.05) is 54.3 Å². The topological polar surface area (TPSA) is 23.6 Å². The van der Waals surface area contributed by atoms with E-state index in [2.05, 4.69) is 36.1 Å². The monoisotopic (exact) mass is 452 g/mol. The third-order valence-corrected chi connectivity index (χ3v) is 6.43. The van der Waals surface area contributed by atoms with Crippen molar-refractivity contribution in [2.24, 2.45) is 0 Å². The summed E-state index contributed by atoms with van der Waals surface area (Å²) in [5.74, 6) is 0.150. The third kappa shape index (κ3) is 5.06. The van der Waals surface area contributed by atoms with E-state index in [9.17, 15) is 4.79 Å². The molecule has 0 bridgehead atoms. The molecule has 0 N–H and O–H groups in total. The lowest BCUT2D eigenvalue weighted by Crippen LogP contribution is -2.51. The lowest BCUT2D eigenvalue weighted by Gasteiger charge is -2.43. The summed E-state index contributed by atoms with van der Waals surface area (Å²) in [6.07, 6.45) is 0.416. The van der Waals surface area contributed by atoms with Crippen molar-refractivity contribution in [3.8, 4) is 0 Å². The number of hydrogen-bond donors (Lipinski definition) is 0. The molecule has 160 valence electrons. The zero-order chi connectivity index (χ0) is 22.0. The van der Waals surface area contributed by atoms with Gasteiger partial charge in [0, 0.05) is 24.7 Å². The van der Waals surface area contributed by atoms with Crippen LogP contribution in [0.2, 0.25) is 10.0 Å². The van der Waals surface area contributed by atoms with E-state index in [0.29, 0.717) is 24.5 Å². The van der Waals surface area contributed by atoms with Gasteiger partial charge in [0.15, 0.2) is 0 Å². The smallest absolute Gasteiger partial charge is 0.227 e. The summed E-state index contributed by atoms with van der Waals surface area (Å²) in [7, 11) is 0. The summed E-state index contributed by atoms with van der Waals surface area (Å²) >= 11 is 12.7. The number of aryl methyl sites for hydroxylation is 2. The molecule has 1 aliphatic heterocycles. The first-order valence-corrected chi connectivity index (χ1v) is 11.3. The molecule has 1 aliphatic rings. The van der Waals surface area contributed by atoms with Gasteiger partial charge in [-0.3, -0.25) is 4.79 Å². The molecule has 5 heteroatoms. The SMILES string of the molecule is Cc1ccc(CC(=O)N2CCN(c3ccc(C)cc3Cl)C(c3ccc(Cl)cc3)C2)cc1. The lowest BCUT2D eigenvalue weighted by atomic mass is 10.00. The van der Waals surface area contributed by atoms with Gasteiger partial charge >= 0.3 is 0 Å². The quantitative estimate of drug-likeness (QED) is 0.467. The van der Waals surface area contributed by atoms with Crippen LogP contribution in [-0.4, -0.2) is 30.4 Å². The molecule has 3 nitrogen and oxygen atoms in total. The molecule has 0 spiro atoms. The van der Waals surface area contributed by atoms with Crippen LogP contribution in [0, 0.1) is 13.8 Å². The zero-order valence-corrected chi connectivity index (χ0v) is 19.3. The number of amides is 1. The normalized spacial score (nSPS) is 16.5. The number of benzene rings is 3. The summed E-state index contributed by atoms with van der Waals surface area (Å²) in [6.45, 7) is 6.08. The maximum Gasteiger partial charge on any atom is 0.227 e. The second-order valence-corrected chi connectivity index (χ2v) is 9.06. The lowest BCUT2D eigenvalue weighted by molar-refractivity contribution is -0.131. The number of rotatable bonds is 4. The Morgan fingerprint density at radius 3 is 2.26 bits per heavy atom. The minimum absolute atomic E-state index is 0.00758. The van der Waals surface area contributed by atoms with Crippen LogP contribution in [-0.2, 0) is 11.2 Å². The average Bonchev–Trinajstić information content (AvgIpc) is 2.76. The number of nitrogens with zero attached hydrogens (tertiary/aromatic N) is 2. The van der Waals surface area contributed by atoms with Crippen LogP contribution in [0.15, 0.2) is 66.7 Å². The summed E-state index contributed by atoms with van der Waals surface area (Å²) in [5, 5.41) is 1.44. The molecule has 1 saturated heterocycles. The number of halogens is 2. The first-order valence-electron chi connectivity index (χ1n) is 10.5. The minimum Gasteiger partial charge on any atom is -0.360 e. The number of carbonyl (C=O) groups excluding carboxylic acids is 1. The van der Waals surface area contributed by atoms with Crippen molar-refractivity contribution >= 4 is 34.8 Å². The first-order chi connectivity index (χ1) is 14.9. The Morgan fingerprint density at radius 2 is 1.58 bits per heavy atom. The van der Waals surface area contributed by atoms with E-state index < -0.39 is 0 Å². The van der Waals surface area contributed by atoms with Gasteiger partial charge in [0.25, 0.3) is 0 Å². The maximum atomic E-state index is 13.1. The third-order valence-electron chi connectivity index (χ3n) is 5.88. The maximum absolute atomic E-state index is 13.1. The van der Waals surface area contributed by atoms with Crippen molar-refractivity contribution in [3.63, 3.8) is 0 Å². The fourth-order valence-corrected chi connectivity index (χ4v) is 4.57. The van der Waals surface area contributed by atoms with Crippen molar-refractivity contribution in [1.29, 1.82) is 0 Å². The molecular weight excluding hydrogens is 427 g/mol. The Balaban J connectivity index is 1.59. The number of hydrogen-bond acceptors (Lipinski definition) is 2. The van der Waals surface area contributed by atoms with E-state index in [0.717, 1.165) is 33.9 Å². The van der Waals surface area contributed by atoms with E-state index in [-0.39, 0.29) is 11.9 Å². The summed E-state index contributed by atoms with van der Waals surface area (Å²) < 4.78 is 0. The van der Waals surface area contributed by atoms with Crippen LogP contribution in [0.25, 0.3) is 0 Å². The first kappa shape index (κ1) is 21.7. The van der Waals surface area contributed by atoms with Gasteiger partial charge in [-0.05, 0) is 54.8 Å². The number of anilines is 1. The summed E-state index contributed by atoms with van der Waals surface area (Å²) in [6, 6.07) is 22.2. The second kappa shape index (κ2) is 9.33. The van der Waals surface area contributed by atoms with Gasteiger partial charge in [-0.25, -0.2) is 0 Å². The molecule has 4 rings (SSSR count). The molecule has 1 amide bonds. The number of carbonyl (C=O) groups is 1. The van der Waals surface area contributed by atoms with Gasteiger partial charge in [-0.15, -0.1) is 0 Å². The highest BCUT2D eigenvalue weighted by molar-refractivity contribution is 6.33. The van der Waals surface area contributed by atoms with Crippen LogP contribution < -0.4 is 4.90 Å². The van der Waals surface area contributed by atoms with Gasteiger partial charge in [-0.2, -0.15) is 0 Å². The molecule has 0 radical (unpaired) electrons. The van der Waals surface area contributed by atoms with Crippen molar-refractivity contribution in [3.05, 3.63) is 99.0 Å². The van der Waals surface area contributed by atoms with E-state index in [1.165, 1.54) is 5.56 Å². The largest absolute Gasteiger partial charge is 0.360 e. The minimum atomic E-state index is 0.00758. The Bertz CT molecular complexity index is 1060. The highest BCUT2D eigenvalue weighted by Crippen LogP contribution is 2.36. The van der Waals surface area contributed by atoms with Gasteiger partial charge in [0.05, 0.1) is 23.2 Å². The van der Waals surface area contributed by atoms with Crippen molar-refractivity contribution in [1.82, 2.24) is 4.90 Å². The zero-order valence-electron chi connectivity index (χ0n) is 17.8. The highest BCUT2D eigenvalue weighted by atomic mass is 35.5. The predicted octanol–water partition coefficient (Wildman–Crippen LogP) is 6.24. The number of piperazine rings is 1. The Kier molecular flexibility index (Phi) is 6.54. The summed E-state index contributed by atoms with van der Waals surface area (Å²) in [4.78, 5) is 17.4. The van der Waals surface area contributed by atoms with E-state index >= 15 is 0 Å². The highest BCUT2D eigenvalue weighted by Gasteiger charge is 2.31. The molecule has 1 atom stereocenters. The van der Waals surface area contributed by atoms with Crippen LogP contribution in [0.5, 0.6) is 0 Å². The Hall–Kier alpha value is -2.49. The van der Waals surface area contributed by atoms with Crippen molar-refractivity contribution in [2.45, 2.75) is 26.3 Å². The van der Waals surface area contributed by atoms with Crippen molar-refractivity contribution < 1.29 is 4.79 Å². The second-order valence-electron chi connectivity index (χ2n) is 8.22. The van der Waals surface area contributed by atoms with Crippen LogP contribution in [0.3, 0.4) is 0 Å². The van der Waals surface area contributed by atoms with Gasteiger partial charge in [-0.1, -0.05) is 71.2 Å². The van der Waals surface area contributed by atoms with Gasteiger partial charge in [0.1, 0.15) is 0 Å². The molecule has 1 heterocycles. The Morgan fingerprint density at radius 1 is 0.903 bits per heavy atom. The van der Waals surface area contributed by atoms with Crippen LogP contribution in [0.4, 0.5) is 5.69 Å². The molecule has 31 heavy (non-hydrogen) atoms. The van der Waals surface area contributed by atoms with Crippen molar-refractivity contribution in [2.75, 3.05) is 24.5 Å². The van der Waals surface area contributed by atoms with Gasteiger partial charge in [0.2, 0.25) is 5.91 Å².